The van der Waals surface area contributed by atoms with Crippen molar-refractivity contribution in [2.45, 2.75) is 31.8 Å². The lowest BCUT2D eigenvalue weighted by molar-refractivity contribution is -0.142. The molecule has 0 aliphatic rings. The molecule has 2 atom stereocenters. The van der Waals surface area contributed by atoms with Gasteiger partial charge in [0, 0.05) is 26.0 Å². The Balaban J connectivity index is 1.74. The van der Waals surface area contributed by atoms with E-state index in [0.29, 0.717) is 16.7 Å². The molecule has 1 aromatic heterocycles. The van der Waals surface area contributed by atoms with Crippen molar-refractivity contribution >= 4 is 28.8 Å². The Bertz CT molecular complexity index is 1060. The van der Waals surface area contributed by atoms with Crippen LogP contribution in [0.15, 0.2) is 60.8 Å². The quantitative estimate of drug-likeness (QED) is 0.521. The minimum absolute atomic E-state index is 0.0307. The monoisotopic (exact) mass is 406 g/mol. The van der Waals surface area contributed by atoms with E-state index in [1.807, 2.05) is 48.5 Å². The zero-order valence-electron chi connectivity index (χ0n) is 16.4. The van der Waals surface area contributed by atoms with Gasteiger partial charge >= 0.3 is 5.97 Å². The zero-order valence-corrected chi connectivity index (χ0v) is 16.4. The fourth-order valence-corrected chi connectivity index (χ4v) is 3.08. The number of hydrogen-bond donors (Lipinski definition) is 3. The summed E-state index contributed by atoms with van der Waals surface area (Å²) in [6, 6.07) is 14.3. The largest absolute Gasteiger partial charge is 0.480 e. The molecule has 30 heavy (non-hydrogen) atoms. The number of nitrogens with zero attached hydrogens (tertiary/aromatic N) is 2. The maximum Gasteiger partial charge on any atom is 0.326 e. The molecule has 0 aliphatic heterocycles. The van der Waals surface area contributed by atoms with Crippen molar-refractivity contribution in [3.8, 4) is 0 Å². The molecular formula is C22H22N4O4. The molecule has 0 fully saturated rings. The second kappa shape index (κ2) is 9.60. The number of amides is 2. The van der Waals surface area contributed by atoms with E-state index < -0.39 is 24.0 Å². The molecule has 3 aromatic rings. The number of fused-ring (bicyclic) bond motifs is 1. The Morgan fingerprint density at radius 1 is 0.900 bits per heavy atom. The van der Waals surface area contributed by atoms with E-state index >= 15 is 0 Å². The molecule has 8 heteroatoms. The van der Waals surface area contributed by atoms with Crippen LogP contribution in [0.2, 0.25) is 0 Å². The number of para-hydroxylation sites is 2. The second-order valence-corrected chi connectivity index (χ2v) is 6.90. The van der Waals surface area contributed by atoms with Gasteiger partial charge < -0.3 is 15.7 Å². The van der Waals surface area contributed by atoms with Crippen LogP contribution in [0.4, 0.5) is 0 Å². The summed E-state index contributed by atoms with van der Waals surface area (Å²) in [6.07, 6.45) is 1.71. The predicted octanol–water partition coefficient (Wildman–Crippen LogP) is 1.49. The van der Waals surface area contributed by atoms with Crippen LogP contribution in [0, 0.1) is 0 Å². The molecule has 0 aliphatic carbocycles. The fraction of sp³-hybridized carbons (Fsp3) is 0.227. The molecule has 3 rings (SSSR count). The highest BCUT2D eigenvalue weighted by Gasteiger charge is 2.27. The first kappa shape index (κ1) is 20.9. The molecule has 0 spiro atoms. The van der Waals surface area contributed by atoms with Crippen molar-refractivity contribution in [1.29, 1.82) is 0 Å². The summed E-state index contributed by atoms with van der Waals surface area (Å²) in [4.78, 5) is 44.8. The summed E-state index contributed by atoms with van der Waals surface area (Å²) in [5.41, 5.74) is 2.63. The van der Waals surface area contributed by atoms with Crippen molar-refractivity contribution in [3.63, 3.8) is 0 Å². The van der Waals surface area contributed by atoms with Gasteiger partial charge in [-0.25, -0.2) is 9.78 Å². The molecule has 154 valence electrons. The third kappa shape index (κ3) is 5.60. The van der Waals surface area contributed by atoms with Gasteiger partial charge in [0.1, 0.15) is 12.1 Å². The van der Waals surface area contributed by atoms with Crippen molar-refractivity contribution in [2.24, 2.45) is 0 Å². The summed E-state index contributed by atoms with van der Waals surface area (Å²) in [6.45, 7) is 1.31. The van der Waals surface area contributed by atoms with Crippen molar-refractivity contribution in [1.82, 2.24) is 20.6 Å². The maximum absolute atomic E-state index is 12.8. The van der Waals surface area contributed by atoms with Crippen LogP contribution in [0.25, 0.3) is 11.0 Å². The lowest BCUT2D eigenvalue weighted by atomic mass is 10.0. The number of carboxylic acids is 1. The van der Waals surface area contributed by atoms with Crippen LogP contribution >= 0.6 is 0 Å². The number of aromatic nitrogens is 2. The van der Waals surface area contributed by atoms with Gasteiger partial charge in [0.2, 0.25) is 11.8 Å². The van der Waals surface area contributed by atoms with E-state index in [1.54, 1.807) is 6.07 Å². The van der Waals surface area contributed by atoms with Crippen molar-refractivity contribution in [2.75, 3.05) is 0 Å². The number of benzene rings is 2. The molecule has 0 saturated heterocycles. The first-order valence-electron chi connectivity index (χ1n) is 9.47. The number of carbonyl (C=O) groups excluding carboxylic acids is 2. The number of nitrogens with one attached hydrogen (secondary N) is 2. The highest BCUT2D eigenvalue weighted by Crippen LogP contribution is 2.10. The molecule has 8 nitrogen and oxygen atoms in total. The maximum atomic E-state index is 12.8. The fourth-order valence-electron chi connectivity index (χ4n) is 3.08. The summed E-state index contributed by atoms with van der Waals surface area (Å²) < 4.78 is 0. The average molecular weight is 406 g/mol. The number of rotatable bonds is 8. The zero-order chi connectivity index (χ0) is 21.5. The smallest absolute Gasteiger partial charge is 0.326 e. The van der Waals surface area contributed by atoms with Gasteiger partial charge in [-0.05, 0) is 17.7 Å². The minimum Gasteiger partial charge on any atom is -0.480 e. The van der Waals surface area contributed by atoms with E-state index in [4.69, 9.17) is 0 Å². The first-order valence-corrected chi connectivity index (χ1v) is 9.47. The first-order chi connectivity index (χ1) is 14.4. The molecule has 3 N–H and O–H groups in total. The molecule has 0 bridgehead atoms. The van der Waals surface area contributed by atoms with Gasteiger partial charge in [0.25, 0.3) is 0 Å². The van der Waals surface area contributed by atoms with Crippen LogP contribution in [0.5, 0.6) is 0 Å². The Labute approximate surface area is 173 Å². The highest BCUT2D eigenvalue weighted by atomic mass is 16.4. The van der Waals surface area contributed by atoms with E-state index in [2.05, 4.69) is 20.6 Å². The standard InChI is InChI=1S/C22H22N4O4/c1-14(27)24-19(11-15-7-3-2-4-8-15)21(28)26-20(22(29)30)12-16-13-23-17-9-5-6-10-18(17)25-16/h2-10,13,19-20H,11-12H2,1H3,(H,24,27)(H,26,28)(H,29,30)/t19-,20+/m1/s1. The number of carbonyl (C=O) groups is 3. The van der Waals surface area contributed by atoms with Crippen molar-refractivity contribution in [3.05, 3.63) is 72.1 Å². The normalized spacial score (nSPS) is 12.7. The molecule has 0 radical (unpaired) electrons. The van der Waals surface area contributed by atoms with Crippen LogP contribution in [0.1, 0.15) is 18.2 Å². The molecule has 1 heterocycles. The lowest BCUT2D eigenvalue weighted by Crippen LogP contribution is -2.52. The van der Waals surface area contributed by atoms with E-state index in [9.17, 15) is 19.5 Å². The van der Waals surface area contributed by atoms with Crippen LogP contribution in [0.3, 0.4) is 0 Å². The third-order valence-electron chi connectivity index (χ3n) is 4.50. The van der Waals surface area contributed by atoms with E-state index in [0.717, 1.165) is 5.56 Å². The van der Waals surface area contributed by atoms with Gasteiger partial charge in [-0.3, -0.25) is 14.6 Å². The molecule has 0 unspecified atom stereocenters. The Morgan fingerprint density at radius 3 is 2.23 bits per heavy atom. The Kier molecular flexibility index (Phi) is 6.69. The van der Waals surface area contributed by atoms with E-state index in [1.165, 1.54) is 13.1 Å². The van der Waals surface area contributed by atoms with Gasteiger partial charge in [0.05, 0.1) is 16.7 Å². The van der Waals surface area contributed by atoms with Gasteiger partial charge in [-0.15, -0.1) is 0 Å². The summed E-state index contributed by atoms with van der Waals surface area (Å²) in [7, 11) is 0. The second-order valence-electron chi connectivity index (χ2n) is 6.90. The van der Waals surface area contributed by atoms with Gasteiger partial charge in [-0.2, -0.15) is 0 Å². The molecule has 0 saturated carbocycles. The van der Waals surface area contributed by atoms with Crippen LogP contribution in [-0.4, -0.2) is 44.9 Å². The Hall–Kier alpha value is -3.81. The summed E-state index contributed by atoms with van der Waals surface area (Å²) in [5.74, 6) is -2.15. The van der Waals surface area contributed by atoms with Crippen LogP contribution < -0.4 is 10.6 Å². The summed E-state index contributed by atoms with van der Waals surface area (Å²) >= 11 is 0. The topological polar surface area (TPSA) is 121 Å². The third-order valence-corrected chi connectivity index (χ3v) is 4.50. The number of carboxylic acid groups (broad SMARTS) is 1. The number of aliphatic carboxylic acids is 1. The Morgan fingerprint density at radius 2 is 1.57 bits per heavy atom. The van der Waals surface area contributed by atoms with Gasteiger partial charge in [0.15, 0.2) is 0 Å². The minimum atomic E-state index is -1.21. The van der Waals surface area contributed by atoms with E-state index in [-0.39, 0.29) is 18.7 Å². The van der Waals surface area contributed by atoms with Crippen molar-refractivity contribution < 1.29 is 19.5 Å². The molecule has 2 aromatic carbocycles. The highest BCUT2D eigenvalue weighted by molar-refractivity contribution is 5.90. The SMILES string of the molecule is CC(=O)N[C@H](Cc1ccccc1)C(=O)N[C@@H](Cc1cnc2ccccc2n1)C(=O)O. The molecular weight excluding hydrogens is 384 g/mol. The average Bonchev–Trinajstić information content (AvgIpc) is 2.73. The molecule has 2 amide bonds. The van der Waals surface area contributed by atoms with Gasteiger partial charge in [-0.1, -0.05) is 42.5 Å². The lowest BCUT2D eigenvalue weighted by Gasteiger charge is -2.21. The van der Waals surface area contributed by atoms with Crippen LogP contribution in [-0.2, 0) is 27.2 Å². The number of hydrogen-bond acceptors (Lipinski definition) is 5. The summed E-state index contributed by atoms with van der Waals surface area (Å²) in [5, 5.41) is 14.7. The predicted molar refractivity (Wildman–Crippen MR) is 111 cm³/mol.